The third-order valence-corrected chi connectivity index (χ3v) is 3.08. The second kappa shape index (κ2) is 6.24. The van der Waals surface area contributed by atoms with Gasteiger partial charge in [0.25, 0.3) is 0 Å². The highest BCUT2D eigenvalue weighted by Gasteiger charge is 2.42. The number of hydrogen-bond acceptors (Lipinski definition) is 3. The van der Waals surface area contributed by atoms with E-state index in [1.54, 1.807) is 0 Å². The van der Waals surface area contributed by atoms with Crippen LogP contribution in [0.1, 0.15) is 59.3 Å². The van der Waals surface area contributed by atoms with Gasteiger partial charge < -0.3 is 4.74 Å². The summed E-state index contributed by atoms with van der Waals surface area (Å²) < 4.78 is 5.24. The first kappa shape index (κ1) is 13.5. The molecule has 1 aliphatic carbocycles. The molecule has 0 spiro atoms. The van der Waals surface area contributed by atoms with Gasteiger partial charge in [0.15, 0.2) is 0 Å². The quantitative estimate of drug-likeness (QED) is 0.648. The fraction of sp³-hybridized carbons (Fsp3) is 0.923. The molecule has 94 valence electrons. The molecule has 0 bridgehead atoms. The normalized spacial score (nSPS) is 16.2. The summed E-state index contributed by atoms with van der Waals surface area (Å²) in [6.07, 6.45) is 6.20. The van der Waals surface area contributed by atoms with Gasteiger partial charge in [-0.3, -0.25) is 10.1 Å². The molecule has 1 saturated carbocycles. The molecule has 0 amide bonds. The van der Waals surface area contributed by atoms with Crippen molar-refractivity contribution in [3.05, 3.63) is 0 Å². The standard InChI is InChI=1S/C13H25NO2/c1-4-9-13(10-5-2,12(15)16-6-3)14-11-7-8-11/h11,14H,4-10H2,1-3H3. The van der Waals surface area contributed by atoms with E-state index < -0.39 is 5.54 Å². The Morgan fingerprint density at radius 1 is 1.25 bits per heavy atom. The Balaban J connectivity index is 2.70. The van der Waals surface area contributed by atoms with Gasteiger partial charge in [-0.25, -0.2) is 0 Å². The molecule has 0 heterocycles. The van der Waals surface area contributed by atoms with Crippen molar-refractivity contribution in [1.29, 1.82) is 0 Å². The summed E-state index contributed by atoms with van der Waals surface area (Å²) in [6.45, 7) is 6.59. The number of nitrogens with one attached hydrogen (secondary N) is 1. The van der Waals surface area contributed by atoms with Crippen molar-refractivity contribution >= 4 is 5.97 Å². The maximum atomic E-state index is 12.1. The maximum Gasteiger partial charge on any atom is 0.326 e. The first-order valence-corrected chi connectivity index (χ1v) is 6.63. The van der Waals surface area contributed by atoms with Gasteiger partial charge in [0.1, 0.15) is 5.54 Å². The minimum atomic E-state index is -0.416. The molecular weight excluding hydrogens is 202 g/mol. The molecule has 0 unspecified atom stereocenters. The third-order valence-electron chi connectivity index (χ3n) is 3.08. The first-order chi connectivity index (χ1) is 7.68. The SMILES string of the molecule is CCCC(CCC)(NC1CC1)C(=O)OCC. The number of rotatable bonds is 8. The molecule has 16 heavy (non-hydrogen) atoms. The van der Waals surface area contributed by atoms with Crippen LogP contribution in [-0.2, 0) is 9.53 Å². The van der Waals surface area contributed by atoms with Crippen molar-refractivity contribution in [2.24, 2.45) is 0 Å². The van der Waals surface area contributed by atoms with Crippen LogP contribution in [-0.4, -0.2) is 24.2 Å². The van der Waals surface area contributed by atoms with E-state index in [9.17, 15) is 4.79 Å². The van der Waals surface area contributed by atoms with E-state index in [0.29, 0.717) is 12.6 Å². The molecule has 0 saturated heterocycles. The summed E-state index contributed by atoms with van der Waals surface area (Å²) >= 11 is 0. The van der Waals surface area contributed by atoms with E-state index in [0.717, 1.165) is 25.7 Å². The number of ether oxygens (including phenoxy) is 1. The van der Waals surface area contributed by atoms with Crippen LogP contribution in [0.15, 0.2) is 0 Å². The largest absolute Gasteiger partial charge is 0.465 e. The molecule has 0 atom stereocenters. The monoisotopic (exact) mass is 227 g/mol. The molecule has 0 aromatic carbocycles. The predicted octanol–water partition coefficient (Wildman–Crippen LogP) is 2.64. The Kier molecular flexibility index (Phi) is 5.26. The molecule has 0 aliphatic heterocycles. The molecular formula is C13H25NO2. The van der Waals surface area contributed by atoms with E-state index in [4.69, 9.17) is 4.74 Å². The minimum Gasteiger partial charge on any atom is -0.465 e. The zero-order valence-electron chi connectivity index (χ0n) is 10.8. The molecule has 1 rings (SSSR count). The number of hydrogen-bond donors (Lipinski definition) is 1. The lowest BCUT2D eigenvalue weighted by atomic mass is 9.88. The highest BCUT2D eigenvalue weighted by Crippen LogP contribution is 2.29. The van der Waals surface area contributed by atoms with Gasteiger partial charge in [0.05, 0.1) is 6.61 Å². The van der Waals surface area contributed by atoms with E-state index in [-0.39, 0.29) is 5.97 Å². The van der Waals surface area contributed by atoms with E-state index in [2.05, 4.69) is 19.2 Å². The zero-order valence-corrected chi connectivity index (χ0v) is 10.8. The minimum absolute atomic E-state index is 0.0504. The van der Waals surface area contributed by atoms with Crippen molar-refractivity contribution < 1.29 is 9.53 Å². The summed E-state index contributed by atoms with van der Waals surface area (Å²) in [7, 11) is 0. The molecule has 0 radical (unpaired) electrons. The van der Waals surface area contributed by atoms with Crippen LogP contribution in [0.25, 0.3) is 0 Å². The number of carbonyl (C=O) groups excluding carboxylic acids is 1. The summed E-state index contributed by atoms with van der Waals surface area (Å²) in [5.41, 5.74) is -0.416. The Bertz CT molecular complexity index is 218. The summed E-state index contributed by atoms with van der Waals surface area (Å²) in [6, 6.07) is 0.544. The van der Waals surface area contributed by atoms with Crippen molar-refractivity contribution in [2.45, 2.75) is 70.9 Å². The zero-order chi connectivity index (χ0) is 12.0. The van der Waals surface area contributed by atoms with Gasteiger partial charge in [-0.1, -0.05) is 26.7 Å². The van der Waals surface area contributed by atoms with Crippen molar-refractivity contribution in [3.63, 3.8) is 0 Å². The highest BCUT2D eigenvalue weighted by molar-refractivity contribution is 5.81. The Hall–Kier alpha value is -0.570. The smallest absolute Gasteiger partial charge is 0.326 e. The van der Waals surface area contributed by atoms with Gasteiger partial charge in [0, 0.05) is 6.04 Å². The third kappa shape index (κ3) is 3.48. The van der Waals surface area contributed by atoms with Crippen LogP contribution in [0.5, 0.6) is 0 Å². The summed E-state index contributed by atoms with van der Waals surface area (Å²) in [4.78, 5) is 12.1. The van der Waals surface area contributed by atoms with E-state index in [1.807, 2.05) is 6.92 Å². The molecule has 3 heteroatoms. The molecule has 0 aromatic rings. The van der Waals surface area contributed by atoms with E-state index >= 15 is 0 Å². The topological polar surface area (TPSA) is 38.3 Å². The lowest BCUT2D eigenvalue weighted by Crippen LogP contribution is -2.53. The fourth-order valence-corrected chi connectivity index (χ4v) is 2.27. The molecule has 3 nitrogen and oxygen atoms in total. The van der Waals surface area contributed by atoms with Crippen molar-refractivity contribution in [1.82, 2.24) is 5.32 Å². The number of carbonyl (C=O) groups is 1. The predicted molar refractivity (Wildman–Crippen MR) is 65.3 cm³/mol. The van der Waals surface area contributed by atoms with Crippen LogP contribution in [0, 0.1) is 0 Å². The van der Waals surface area contributed by atoms with Gasteiger partial charge in [0.2, 0.25) is 0 Å². The molecule has 1 fully saturated rings. The van der Waals surface area contributed by atoms with Crippen LogP contribution >= 0.6 is 0 Å². The Morgan fingerprint density at radius 2 is 1.81 bits per heavy atom. The lowest BCUT2D eigenvalue weighted by Gasteiger charge is -2.32. The Morgan fingerprint density at radius 3 is 2.19 bits per heavy atom. The summed E-state index contributed by atoms with van der Waals surface area (Å²) in [5.74, 6) is -0.0504. The average Bonchev–Trinajstić information content (AvgIpc) is 3.02. The van der Waals surface area contributed by atoms with Gasteiger partial charge >= 0.3 is 5.97 Å². The average molecular weight is 227 g/mol. The number of esters is 1. The Labute approximate surface area is 98.9 Å². The van der Waals surface area contributed by atoms with Gasteiger partial charge in [-0.2, -0.15) is 0 Å². The second-order valence-electron chi connectivity index (χ2n) is 4.72. The maximum absolute atomic E-state index is 12.1. The molecule has 1 N–H and O–H groups in total. The highest BCUT2D eigenvalue weighted by atomic mass is 16.5. The van der Waals surface area contributed by atoms with Gasteiger partial charge in [-0.05, 0) is 32.6 Å². The van der Waals surface area contributed by atoms with Crippen LogP contribution < -0.4 is 5.32 Å². The fourth-order valence-electron chi connectivity index (χ4n) is 2.27. The first-order valence-electron chi connectivity index (χ1n) is 6.63. The van der Waals surface area contributed by atoms with Gasteiger partial charge in [-0.15, -0.1) is 0 Å². The summed E-state index contributed by atoms with van der Waals surface area (Å²) in [5, 5.41) is 3.52. The van der Waals surface area contributed by atoms with Crippen LogP contribution in [0.4, 0.5) is 0 Å². The second-order valence-corrected chi connectivity index (χ2v) is 4.72. The molecule has 1 aliphatic rings. The van der Waals surface area contributed by atoms with Crippen molar-refractivity contribution in [2.75, 3.05) is 6.61 Å². The lowest BCUT2D eigenvalue weighted by molar-refractivity contribution is -0.152. The van der Waals surface area contributed by atoms with Crippen LogP contribution in [0.3, 0.4) is 0 Å². The van der Waals surface area contributed by atoms with Crippen LogP contribution in [0.2, 0.25) is 0 Å². The molecule has 0 aromatic heterocycles. The van der Waals surface area contributed by atoms with E-state index in [1.165, 1.54) is 12.8 Å². The van der Waals surface area contributed by atoms with Crippen molar-refractivity contribution in [3.8, 4) is 0 Å².